The van der Waals surface area contributed by atoms with Gasteiger partial charge < -0.3 is 0 Å². The number of carbonyl (C=O) groups excluding carboxylic acids is 2. The maximum absolute atomic E-state index is 10.2. The zero-order valence-corrected chi connectivity index (χ0v) is 5.44. The van der Waals surface area contributed by atoms with Gasteiger partial charge >= 0.3 is 0 Å². The van der Waals surface area contributed by atoms with E-state index >= 15 is 0 Å². The Morgan fingerprint density at radius 3 is 2.50 bits per heavy atom. The fourth-order valence-electron chi connectivity index (χ4n) is 0.673. The Morgan fingerprint density at radius 1 is 1.50 bits per heavy atom. The maximum Gasteiger partial charge on any atom is 0.170 e. The molecule has 52 valence electrons. The van der Waals surface area contributed by atoms with Crippen molar-refractivity contribution in [2.45, 2.75) is 0 Å². The second kappa shape index (κ2) is 2.43. The molecule has 0 atom stereocenters. The van der Waals surface area contributed by atoms with E-state index in [-0.39, 0.29) is 5.69 Å². The molecule has 1 aromatic heterocycles. The van der Waals surface area contributed by atoms with Crippen LogP contribution in [0.4, 0.5) is 0 Å². The molecule has 0 saturated carbocycles. The van der Waals surface area contributed by atoms with E-state index in [1.165, 1.54) is 10.7 Å². The first-order valence-electron chi connectivity index (χ1n) is 2.72. The Balaban J connectivity index is 3.15. The number of hydrogen-bond donors (Lipinski definition) is 0. The molecule has 0 saturated heterocycles. The SMILES string of the molecule is Cn1nc(C=O)cc1C=O. The lowest BCUT2D eigenvalue weighted by Crippen LogP contribution is -1.95. The van der Waals surface area contributed by atoms with Crippen molar-refractivity contribution in [3.8, 4) is 0 Å². The third-order valence-electron chi connectivity index (χ3n) is 1.18. The van der Waals surface area contributed by atoms with Crippen molar-refractivity contribution in [2.75, 3.05) is 0 Å². The highest BCUT2D eigenvalue weighted by atomic mass is 16.1. The molecule has 1 aromatic rings. The van der Waals surface area contributed by atoms with Gasteiger partial charge in [-0.05, 0) is 6.07 Å². The minimum Gasteiger partial charge on any atom is -0.296 e. The fraction of sp³-hybridized carbons (Fsp3) is 0.167. The average molecular weight is 138 g/mol. The first-order valence-corrected chi connectivity index (χ1v) is 2.72. The van der Waals surface area contributed by atoms with Gasteiger partial charge in [-0.25, -0.2) is 0 Å². The Morgan fingerprint density at radius 2 is 2.20 bits per heavy atom. The van der Waals surface area contributed by atoms with Crippen LogP contribution in [0, 0.1) is 0 Å². The van der Waals surface area contributed by atoms with Gasteiger partial charge in [-0.15, -0.1) is 0 Å². The summed E-state index contributed by atoms with van der Waals surface area (Å²) >= 11 is 0. The number of nitrogens with zero attached hydrogens (tertiary/aromatic N) is 2. The molecule has 4 nitrogen and oxygen atoms in total. The molecule has 0 aliphatic rings. The van der Waals surface area contributed by atoms with Gasteiger partial charge in [0.1, 0.15) is 11.4 Å². The smallest absolute Gasteiger partial charge is 0.170 e. The predicted molar refractivity (Wildman–Crippen MR) is 34.0 cm³/mol. The van der Waals surface area contributed by atoms with Crippen molar-refractivity contribution in [3.63, 3.8) is 0 Å². The standard InChI is InChI=1S/C6H6N2O2/c1-8-6(4-10)2-5(3-9)7-8/h2-4H,1H3. The molecule has 0 aromatic carbocycles. The van der Waals surface area contributed by atoms with Crippen LogP contribution in [0.5, 0.6) is 0 Å². The van der Waals surface area contributed by atoms with Crippen LogP contribution in [0.3, 0.4) is 0 Å². The van der Waals surface area contributed by atoms with Crippen molar-refractivity contribution in [1.82, 2.24) is 9.78 Å². The summed E-state index contributed by atoms with van der Waals surface area (Å²) in [4.78, 5) is 20.3. The lowest BCUT2D eigenvalue weighted by molar-refractivity contribution is 0.111. The van der Waals surface area contributed by atoms with Crippen LogP contribution in [-0.4, -0.2) is 22.4 Å². The first-order chi connectivity index (χ1) is 4.77. The Labute approximate surface area is 57.5 Å². The lowest BCUT2D eigenvalue weighted by Gasteiger charge is -1.86. The zero-order valence-electron chi connectivity index (χ0n) is 5.44. The average Bonchev–Trinajstić information content (AvgIpc) is 2.30. The third-order valence-corrected chi connectivity index (χ3v) is 1.18. The number of aldehydes is 2. The van der Waals surface area contributed by atoms with Crippen LogP contribution in [0.1, 0.15) is 21.0 Å². The zero-order chi connectivity index (χ0) is 7.56. The number of aromatic nitrogens is 2. The molecule has 0 N–H and O–H groups in total. The Hall–Kier alpha value is -1.45. The van der Waals surface area contributed by atoms with Gasteiger partial charge in [0.2, 0.25) is 0 Å². The van der Waals surface area contributed by atoms with Crippen LogP contribution in [0.25, 0.3) is 0 Å². The van der Waals surface area contributed by atoms with Crippen molar-refractivity contribution < 1.29 is 9.59 Å². The molecule has 0 amide bonds. The normalized spacial score (nSPS) is 9.30. The predicted octanol–water partition coefficient (Wildman–Crippen LogP) is 0.0451. The Kier molecular flexibility index (Phi) is 1.62. The summed E-state index contributed by atoms with van der Waals surface area (Å²) in [6.45, 7) is 0. The highest BCUT2D eigenvalue weighted by Crippen LogP contribution is 1.95. The molecule has 1 heterocycles. The fourth-order valence-corrected chi connectivity index (χ4v) is 0.673. The van der Waals surface area contributed by atoms with Crippen LogP contribution >= 0.6 is 0 Å². The Bertz CT molecular complexity index is 265. The van der Waals surface area contributed by atoms with E-state index in [1.807, 2.05) is 0 Å². The molecule has 0 radical (unpaired) electrons. The van der Waals surface area contributed by atoms with Crippen LogP contribution in [-0.2, 0) is 7.05 Å². The van der Waals surface area contributed by atoms with Gasteiger partial charge in [-0.3, -0.25) is 14.3 Å². The molecule has 4 heteroatoms. The van der Waals surface area contributed by atoms with Gasteiger partial charge in [0.25, 0.3) is 0 Å². The summed E-state index contributed by atoms with van der Waals surface area (Å²) in [5, 5.41) is 3.72. The second-order valence-electron chi connectivity index (χ2n) is 1.85. The lowest BCUT2D eigenvalue weighted by atomic mass is 10.4. The molecule has 0 fully saturated rings. The van der Waals surface area contributed by atoms with Gasteiger partial charge in [0.05, 0.1) is 0 Å². The third kappa shape index (κ3) is 0.953. The molecule has 0 bridgehead atoms. The van der Waals surface area contributed by atoms with Gasteiger partial charge in [-0.2, -0.15) is 5.10 Å². The topological polar surface area (TPSA) is 52.0 Å². The van der Waals surface area contributed by atoms with E-state index in [1.54, 1.807) is 7.05 Å². The summed E-state index contributed by atoms with van der Waals surface area (Å²) < 4.78 is 1.36. The van der Waals surface area contributed by atoms with Gasteiger partial charge in [-0.1, -0.05) is 0 Å². The molecule has 0 aliphatic heterocycles. The summed E-state index contributed by atoms with van der Waals surface area (Å²) in [6.07, 6.45) is 1.26. The largest absolute Gasteiger partial charge is 0.296 e. The van der Waals surface area contributed by atoms with E-state index in [9.17, 15) is 9.59 Å². The van der Waals surface area contributed by atoms with Gasteiger partial charge in [0.15, 0.2) is 12.6 Å². The van der Waals surface area contributed by atoms with Crippen molar-refractivity contribution in [2.24, 2.45) is 7.05 Å². The van der Waals surface area contributed by atoms with Crippen molar-refractivity contribution >= 4 is 12.6 Å². The molecule has 10 heavy (non-hydrogen) atoms. The van der Waals surface area contributed by atoms with Crippen molar-refractivity contribution in [1.29, 1.82) is 0 Å². The number of aryl methyl sites for hydroxylation is 1. The van der Waals surface area contributed by atoms with Gasteiger partial charge in [0, 0.05) is 7.05 Å². The van der Waals surface area contributed by atoms with Crippen LogP contribution in [0.15, 0.2) is 6.07 Å². The van der Waals surface area contributed by atoms with E-state index in [4.69, 9.17) is 0 Å². The monoisotopic (exact) mass is 138 g/mol. The quantitative estimate of drug-likeness (QED) is 0.542. The van der Waals surface area contributed by atoms with E-state index in [0.29, 0.717) is 18.3 Å². The highest BCUT2D eigenvalue weighted by molar-refractivity contribution is 5.78. The number of rotatable bonds is 2. The van der Waals surface area contributed by atoms with Crippen LogP contribution in [0.2, 0.25) is 0 Å². The minimum atomic E-state index is 0.282. The van der Waals surface area contributed by atoms with Crippen molar-refractivity contribution in [3.05, 3.63) is 17.5 Å². The number of carbonyl (C=O) groups is 2. The molecular formula is C6H6N2O2. The molecule has 0 aliphatic carbocycles. The summed E-state index contributed by atoms with van der Waals surface area (Å²) in [5.41, 5.74) is 0.687. The summed E-state index contributed by atoms with van der Waals surface area (Å²) in [6, 6.07) is 1.43. The van der Waals surface area contributed by atoms with E-state index < -0.39 is 0 Å². The molecule has 0 unspecified atom stereocenters. The van der Waals surface area contributed by atoms with Crippen LogP contribution < -0.4 is 0 Å². The summed E-state index contributed by atoms with van der Waals surface area (Å²) in [7, 11) is 1.61. The second-order valence-corrected chi connectivity index (χ2v) is 1.85. The molecular weight excluding hydrogens is 132 g/mol. The summed E-state index contributed by atoms with van der Waals surface area (Å²) in [5.74, 6) is 0. The highest BCUT2D eigenvalue weighted by Gasteiger charge is 2.00. The first kappa shape index (κ1) is 6.67. The molecule has 1 rings (SSSR count). The maximum atomic E-state index is 10.2. The van der Waals surface area contributed by atoms with E-state index in [2.05, 4.69) is 5.10 Å². The minimum absolute atomic E-state index is 0.282. The molecule has 0 spiro atoms. The number of hydrogen-bond acceptors (Lipinski definition) is 3. The van der Waals surface area contributed by atoms with E-state index in [0.717, 1.165) is 0 Å².